The Morgan fingerprint density at radius 1 is 1.62 bits per heavy atom. The zero-order chi connectivity index (χ0) is 9.84. The first-order valence-corrected chi connectivity index (χ1v) is 5.73. The number of nitrogens with one attached hydrogen (secondary N) is 1. The van der Waals surface area contributed by atoms with Gasteiger partial charge in [-0.3, -0.25) is 4.79 Å². The minimum atomic E-state index is 0.0270. The lowest BCUT2D eigenvalue weighted by atomic mass is 10.4. The van der Waals surface area contributed by atoms with E-state index in [1.807, 2.05) is 13.8 Å². The molecule has 0 saturated heterocycles. The Morgan fingerprint density at radius 3 is 2.69 bits per heavy atom. The Hall–Kier alpha value is -0.220. The average molecular weight is 202 g/mol. The van der Waals surface area contributed by atoms with Gasteiger partial charge >= 0.3 is 0 Å². The molecule has 0 spiro atoms. The van der Waals surface area contributed by atoms with E-state index in [1.54, 1.807) is 11.8 Å². The summed E-state index contributed by atoms with van der Waals surface area (Å²) in [7, 11) is 0. The standard InChI is InChI=1S/C9H18N2OS/c1-6(5-10)13-7(2)9(12)11-8-3-4-8/h6-8H,3-5,10H2,1-2H3,(H,11,12). The van der Waals surface area contributed by atoms with Crippen LogP contribution in [0.1, 0.15) is 26.7 Å². The van der Waals surface area contributed by atoms with Crippen LogP contribution in [0.3, 0.4) is 0 Å². The third kappa shape index (κ3) is 4.00. The third-order valence-corrected chi connectivity index (χ3v) is 3.34. The van der Waals surface area contributed by atoms with E-state index < -0.39 is 0 Å². The molecule has 1 aliphatic carbocycles. The molecule has 76 valence electrons. The fourth-order valence-corrected chi connectivity index (χ4v) is 2.01. The molecule has 1 amide bonds. The van der Waals surface area contributed by atoms with E-state index in [0.717, 1.165) is 12.8 Å². The van der Waals surface area contributed by atoms with Crippen molar-refractivity contribution in [3.8, 4) is 0 Å². The van der Waals surface area contributed by atoms with Gasteiger partial charge < -0.3 is 11.1 Å². The number of amides is 1. The lowest BCUT2D eigenvalue weighted by Gasteiger charge is -2.15. The van der Waals surface area contributed by atoms with E-state index in [2.05, 4.69) is 5.32 Å². The Kier molecular flexibility index (Phi) is 4.06. The van der Waals surface area contributed by atoms with Crippen molar-refractivity contribution in [2.45, 2.75) is 43.2 Å². The lowest BCUT2D eigenvalue weighted by molar-refractivity contribution is -0.120. The maximum absolute atomic E-state index is 11.5. The highest BCUT2D eigenvalue weighted by Gasteiger charge is 2.26. The summed E-state index contributed by atoms with van der Waals surface area (Å²) in [4.78, 5) is 11.5. The summed E-state index contributed by atoms with van der Waals surface area (Å²) in [6, 6.07) is 0.462. The molecular formula is C9H18N2OS. The first-order chi connectivity index (χ1) is 6.13. The van der Waals surface area contributed by atoms with Gasteiger partial charge in [0.1, 0.15) is 0 Å². The summed E-state index contributed by atoms with van der Waals surface area (Å²) in [5, 5.41) is 3.37. The predicted molar refractivity (Wildman–Crippen MR) is 56.7 cm³/mol. The number of thioether (sulfide) groups is 1. The van der Waals surface area contributed by atoms with Gasteiger partial charge in [-0.2, -0.15) is 0 Å². The molecule has 1 fully saturated rings. The van der Waals surface area contributed by atoms with Crippen molar-refractivity contribution in [1.82, 2.24) is 5.32 Å². The largest absolute Gasteiger partial charge is 0.352 e. The summed E-state index contributed by atoms with van der Waals surface area (Å²) in [5.41, 5.74) is 5.48. The van der Waals surface area contributed by atoms with Gasteiger partial charge in [-0.15, -0.1) is 11.8 Å². The highest BCUT2D eigenvalue weighted by atomic mass is 32.2. The SMILES string of the molecule is CC(CN)SC(C)C(=O)NC1CC1. The molecule has 4 heteroatoms. The Bertz CT molecular complexity index is 182. The normalized spacial score (nSPS) is 20.8. The maximum Gasteiger partial charge on any atom is 0.233 e. The van der Waals surface area contributed by atoms with Crippen LogP contribution in [0.4, 0.5) is 0 Å². The number of carbonyl (C=O) groups excluding carboxylic acids is 1. The summed E-state index contributed by atoms with van der Waals surface area (Å²) >= 11 is 1.64. The Morgan fingerprint density at radius 2 is 2.23 bits per heavy atom. The zero-order valence-corrected chi connectivity index (χ0v) is 9.06. The van der Waals surface area contributed by atoms with Crippen LogP contribution in [-0.4, -0.2) is 29.0 Å². The minimum absolute atomic E-state index is 0.0270. The second-order valence-electron chi connectivity index (χ2n) is 3.61. The van der Waals surface area contributed by atoms with E-state index in [4.69, 9.17) is 5.73 Å². The predicted octanol–water partition coefficient (Wildman–Crippen LogP) is 0.734. The molecule has 13 heavy (non-hydrogen) atoms. The van der Waals surface area contributed by atoms with Crippen LogP contribution in [0.25, 0.3) is 0 Å². The molecule has 0 aromatic heterocycles. The van der Waals surface area contributed by atoms with Gasteiger partial charge in [-0.05, 0) is 19.8 Å². The second-order valence-corrected chi connectivity index (χ2v) is 5.39. The van der Waals surface area contributed by atoms with Gasteiger partial charge in [0.2, 0.25) is 5.91 Å². The van der Waals surface area contributed by atoms with Crippen LogP contribution in [-0.2, 0) is 4.79 Å². The number of nitrogens with two attached hydrogens (primary N) is 1. The quantitative estimate of drug-likeness (QED) is 0.691. The fraction of sp³-hybridized carbons (Fsp3) is 0.889. The summed E-state index contributed by atoms with van der Waals surface area (Å²) in [5.74, 6) is 0.160. The number of rotatable bonds is 5. The maximum atomic E-state index is 11.5. The highest BCUT2D eigenvalue weighted by Crippen LogP contribution is 2.21. The first-order valence-electron chi connectivity index (χ1n) is 4.79. The average Bonchev–Trinajstić information content (AvgIpc) is 2.87. The topological polar surface area (TPSA) is 55.1 Å². The summed E-state index contributed by atoms with van der Waals surface area (Å²) < 4.78 is 0. The van der Waals surface area contributed by atoms with Crippen molar-refractivity contribution in [2.75, 3.05) is 6.54 Å². The fourth-order valence-electron chi connectivity index (χ4n) is 1.01. The van der Waals surface area contributed by atoms with Crippen molar-refractivity contribution in [3.63, 3.8) is 0 Å². The van der Waals surface area contributed by atoms with Gasteiger partial charge in [0.25, 0.3) is 0 Å². The van der Waals surface area contributed by atoms with Crippen LogP contribution in [0.2, 0.25) is 0 Å². The van der Waals surface area contributed by atoms with Gasteiger partial charge in [-0.25, -0.2) is 0 Å². The molecule has 0 aromatic rings. The molecule has 0 radical (unpaired) electrons. The third-order valence-electron chi connectivity index (χ3n) is 2.06. The van der Waals surface area contributed by atoms with E-state index in [9.17, 15) is 4.79 Å². The zero-order valence-electron chi connectivity index (χ0n) is 8.25. The molecule has 0 bridgehead atoms. The molecule has 2 unspecified atom stereocenters. The van der Waals surface area contributed by atoms with Gasteiger partial charge in [0, 0.05) is 17.8 Å². The van der Waals surface area contributed by atoms with Gasteiger partial charge in [0.05, 0.1) is 5.25 Å². The van der Waals surface area contributed by atoms with E-state index in [1.165, 1.54) is 0 Å². The number of carbonyl (C=O) groups is 1. The minimum Gasteiger partial charge on any atom is -0.352 e. The molecule has 0 aliphatic heterocycles. The Balaban J connectivity index is 2.19. The van der Waals surface area contributed by atoms with Gasteiger partial charge in [0.15, 0.2) is 0 Å². The van der Waals surface area contributed by atoms with Crippen molar-refractivity contribution < 1.29 is 4.79 Å². The van der Waals surface area contributed by atoms with Crippen LogP contribution in [0.15, 0.2) is 0 Å². The second kappa shape index (κ2) is 4.86. The molecule has 1 aliphatic rings. The van der Waals surface area contributed by atoms with Crippen molar-refractivity contribution in [2.24, 2.45) is 5.73 Å². The van der Waals surface area contributed by atoms with E-state index in [0.29, 0.717) is 17.8 Å². The molecule has 2 atom stereocenters. The molecule has 1 saturated carbocycles. The van der Waals surface area contributed by atoms with E-state index >= 15 is 0 Å². The first kappa shape index (κ1) is 10.9. The van der Waals surface area contributed by atoms with Gasteiger partial charge in [-0.1, -0.05) is 6.92 Å². The molecule has 3 nitrogen and oxygen atoms in total. The highest BCUT2D eigenvalue weighted by molar-refractivity contribution is 8.01. The van der Waals surface area contributed by atoms with Crippen LogP contribution < -0.4 is 11.1 Å². The monoisotopic (exact) mass is 202 g/mol. The molecule has 0 heterocycles. The molecular weight excluding hydrogens is 184 g/mol. The number of hydrogen-bond donors (Lipinski definition) is 2. The molecule has 1 rings (SSSR count). The number of hydrogen-bond acceptors (Lipinski definition) is 3. The molecule has 0 aromatic carbocycles. The Labute approximate surface area is 83.8 Å². The van der Waals surface area contributed by atoms with Crippen LogP contribution in [0.5, 0.6) is 0 Å². The lowest BCUT2D eigenvalue weighted by Crippen LogP contribution is -2.34. The summed E-state index contributed by atoms with van der Waals surface area (Å²) in [6.07, 6.45) is 2.30. The summed E-state index contributed by atoms with van der Waals surface area (Å²) in [6.45, 7) is 4.62. The molecule has 3 N–H and O–H groups in total. The van der Waals surface area contributed by atoms with Crippen LogP contribution >= 0.6 is 11.8 Å². The van der Waals surface area contributed by atoms with Crippen molar-refractivity contribution in [1.29, 1.82) is 0 Å². The van der Waals surface area contributed by atoms with Crippen molar-refractivity contribution in [3.05, 3.63) is 0 Å². The van der Waals surface area contributed by atoms with Crippen LogP contribution in [0, 0.1) is 0 Å². The smallest absolute Gasteiger partial charge is 0.233 e. The van der Waals surface area contributed by atoms with E-state index in [-0.39, 0.29) is 11.2 Å². The van der Waals surface area contributed by atoms with Crippen molar-refractivity contribution >= 4 is 17.7 Å².